The second-order valence-electron chi connectivity index (χ2n) is 8.51. The number of amides is 1. The molecule has 5 heteroatoms. The molecule has 5 aliphatic rings. The summed E-state index contributed by atoms with van der Waals surface area (Å²) in [7, 11) is 0. The third-order valence-corrected chi connectivity index (χ3v) is 7.03. The van der Waals surface area contributed by atoms with Crippen molar-refractivity contribution in [3.05, 3.63) is 24.3 Å². The molecular weight excluding hydrogens is 300 g/mol. The van der Waals surface area contributed by atoms with E-state index in [1.165, 1.54) is 38.5 Å². The van der Waals surface area contributed by atoms with Crippen LogP contribution in [0.2, 0.25) is 0 Å². The van der Waals surface area contributed by atoms with Crippen LogP contribution in [0.25, 0.3) is 0 Å². The maximum absolute atomic E-state index is 12.6. The van der Waals surface area contributed by atoms with E-state index in [9.17, 15) is 4.79 Å². The molecule has 4 aliphatic carbocycles. The zero-order valence-corrected chi connectivity index (χ0v) is 14.2. The number of carbonyl (C=O) groups is 1. The molecule has 128 valence electrons. The molecule has 1 amide bonds. The molecule has 1 saturated heterocycles. The van der Waals surface area contributed by atoms with E-state index in [0.29, 0.717) is 11.2 Å². The van der Waals surface area contributed by atoms with Gasteiger partial charge in [0.2, 0.25) is 0 Å². The molecular formula is C19H26N4O. The number of piperazine rings is 1. The van der Waals surface area contributed by atoms with Crippen LogP contribution in [0, 0.1) is 17.8 Å². The summed E-state index contributed by atoms with van der Waals surface area (Å²) in [6, 6.07) is 0. The van der Waals surface area contributed by atoms with Gasteiger partial charge in [0.1, 0.15) is 5.69 Å². The van der Waals surface area contributed by atoms with Gasteiger partial charge in [-0.25, -0.2) is 4.98 Å². The van der Waals surface area contributed by atoms with Crippen molar-refractivity contribution in [2.24, 2.45) is 17.8 Å². The van der Waals surface area contributed by atoms with Gasteiger partial charge in [-0.05, 0) is 56.3 Å². The quantitative estimate of drug-likeness (QED) is 0.836. The van der Waals surface area contributed by atoms with E-state index in [1.807, 2.05) is 4.90 Å². The summed E-state index contributed by atoms with van der Waals surface area (Å²) in [5.74, 6) is 2.98. The zero-order chi connectivity index (χ0) is 16.1. The van der Waals surface area contributed by atoms with E-state index in [2.05, 4.69) is 14.9 Å². The van der Waals surface area contributed by atoms with Gasteiger partial charge in [-0.1, -0.05) is 0 Å². The molecule has 1 aromatic heterocycles. The van der Waals surface area contributed by atoms with Gasteiger partial charge >= 0.3 is 0 Å². The fourth-order valence-corrected chi connectivity index (χ4v) is 6.41. The molecule has 0 unspecified atom stereocenters. The van der Waals surface area contributed by atoms with Gasteiger partial charge in [0.25, 0.3) is 5.91 Å². The van der Waals surface area contributed by atoms with Crippen LogP contribution in [0.15, 0.2) is 18.6 Å². The minimum atomic E-state index is 0.0354. The van der Waals surface area contributed by atoms with Crippen LogP contribution in [0.4, 0.5) is 0 Å². The number of hydrogen-bond donors (Lipinski definition) is 0. The molecule has 5 fully saturated rings. The molecule has 2 heterocycles. The van der Waals surface area contributed by atoms with Crippen molar-refractivity contribution >= 4 is 5.91 Å². The van der Waals surface area contributed by atoms with Crippen molar-refractivity contribution < 1.29 is 4.79 Å². The fraction of sp³-hybridized carbons (Fsp3) is 0.737. The minimum absolute atomic E-state index is 0.0354. The van der Waals surface area contributed by atoms with E-state index in [-0.39, 0.29) is 5.91 Å². The number of aromatic nitrogens is 2. The average molecular weight is 326 g/mol. The summed E-state index contributed by atoms with van der Waals surface area (Å²) >= 11 is 0. The normalized spacial score (nSPS) is 38.5. The number of rotatable bonds is 2. The number of carbonyl (C=O) groups excluding carboxylic acids is 1. The Bertz CT molecular complexity index is 588. The van der Waals surface area contributed by atoms with Gasteiger partial charge in [-0.3, -0.25) is 14.7 Å². The summed E-state index contributed by atoms with van der Waals surface area (Å²) in [5.41, 5.74) is 0.942. The van der Waals surface area contributed by atoms with Gasteiger partial charge in [-0.15, -0.1) is 0 Å². The molecule has 1 aromatic rings. The molecule has 4 bridgehead atoms. The molecule has 24 heavy (non-hydrogen) atoms. The zero-order valence-electron chi connectivity index (χ0n) is 14.2. The van der Waals surface area contributed by atoms with Crippen LogP contribution in [-0.2, 0) is 0 Å². The van der Waals surface area contributed by atoms with Crippen LogP contribution < -0.4 is 0 Å². The van der Waals surface area contributed by atoms with E-state index < -0.39 is 0 Å². The van der Waals surface area contributed by atoms with Crippen LogP contribution >= 0.6 is 0 Å². The highest BCUT2D eigenvalue weighted by Crippen LogP contribution is 2.57. The van der Waals surface area contributed by atoms with Crippen LogP contribution in [-0.4, -0.2) is 57.4 Å². The first-order valence-corrected chi connectivity index (χ1v) is 9.52. The van der Waals surface area contributed by atoms with Gasteiger partial charge in [0.05, 0.1) is 6.20 Å². The van der Waals surface area contributed by atoms with Crippen LogP contribution in [0.5, 0.6) is 0 Å². The lowest BCUT2D eigenvalue weighted by atomic mass is 9.52. The first-order chi connectivity index (χ1) is 11.7. The Morgan fingerprint density at radius 3 is 2.12 bits per heavy atom. The first kappa shape index (κ1) is 14.8. The average Bonchev–Trinajstić information content (AvgIpc) is 2.61. The second-order valence-corrected chi connectivity index (χ2v) is 8.51. The van der Waals surface area contributed by atoms with Crippen molar-refractivity contribution in [3.8, 4) is 0 Å². The van der Waals surface area contributed by atoms with Crippen LogP contribution in [0.1, 0.15) is 49.0 Å². The highest BCUT2D eigenvalue weighted by Gasteiger charge is 2.53. The van der Waals surface area contributed by atoms with Crippen molar-refractivity contribution in [3.63, 3.8) is 0 Å². The van der Waals surface area contributed by atoms with Crippen molar-refractivity contribution in [2.45, 2.75) is 44.1 Å². The summed E-state index contributed by atoms with van der Waals surface area (Å²) < 4.78 is 0. The predicted octanol–water partition coefficient (Wildman–Crippen LogP) is 2.20. The van der Waals surface area contributed by atoms with E-state index in [0.717, 1.165) is 43.9 Å². The van der Waals surface area contributed by atoms with Crippen molar-refractivity contribution in [1.82, 2.24) is 19.8 Å². The third-order valence-electron chi connectivity index (χ3n) is 7.03. The van der Waals surface area contributed by atoms with Crippen molar-refractivity contribution in [1.29, 1.82) is 0 Å². The predicted molar refractivity (Wildman–Crippen MR) is 90.4 cm³/mol. The van der Waals surface area contributed by atoms with Gasteiger partial charge < -0.3 is 4.90 Å². The maximum Gasteiger partial charge on any atom is 0.274 e. The summed E-state index contributed by atoms with van der Waals surface area (Å²) in [6.07, 6.45) is 13.5. The SMILES string of the molecule is O=C(c1cnccn1)N1CCN(C23CC4CC(CC(C4)C2)C3)CC1. The monoisotopic (exact) mass is 326 g/mol. The largest absolute Gasteiger partial charge is 0.335 e. The molecule has 1 aliphatic heterocycles. The first-order valence-electron chi connectivity index (χ1n) is 9.52. The van der Waals surface area contributed by atoms with Crippen LogP contribution in [0.3, 0.4) is 0 Å². The summed E-state index contributed by atoms with van der Waals surface area (Å²) in [5, 5.41) is 0. The lowest BCUT2D eigenvalue weighted by Gasteiger charge is -2.61. The molecule has 0 N–H and O–H groups in total. The van der Waals surface area contributed by atoms with Gasteiger partial charge in [-0.2, -0.15) is 0 Å². The standard InChI is InChI=1S/C19H26N4O/c24-18(17-13-20-1-2-21-17)22-3-5-23(6-4-22)19-10-14-7-15(11-19)9-16(8-14)12-19/h1-2,13-16H,3-12H2. The fourth-order valence-electron chi connectivity index (χ4n) is 6.41. The van der Waals surface area contributed by atoms with Gasteiger partial charge in [0.15, 0.2) is 0 Å². The number of nitrogens with zero attached hydrogens (tertiary/aromatic N) is 4. The topological polar surface area (TPSA) is 49.3 Å². The number of hydrogen-bond acceptors (Lipinski definition) is 4. The smallest absolute Gasteiger partial charge is 0.274 e. The highest BCUT2D eigenvalue weighted by atomic mass is 16.2. The van der Waals surface area contributed by atoms with E-state index in [1.54, 1.807) is 18.6 Å². The molecule has 0 aromatic carbocycles. The lowest BCUT2D eigenvalue weighted by Crippen LogP contribution is -2.64. The molecule has 0 radical (unpaired) electrons. The Morgan fingerprint density at radius 1 is 0.958 bits per heavy atom. The van der Waals surface area contributed by atoms with Crippen molar-refractivity contribution in [2.75, 3.05) is 26.2 Å². The van der Waals surface area contributed by atoms with E-state index >= 15 is 0 Å². The summed E-state index contributed by atoms with van der Waals surface area (Å²) in [6.45, 7) is 3.71. The highest BCUT2D eigenvalue weighted by molar-refractivity contribution is 5.92. The minimum Gasteiger partial charge on any atom is -0.335 e. The molecule has 5 nitrogen and oxygen atoms in total. The Labute approximate surface area is 143 Å². The maximum atomic E-state index is 12.6. The summed E-state index contributed by atoms with van der Waals surface area (Å²) in [4.78, 5) is 25.4. The Morgan fingerprint density at radius 2 is 1.58 bits per heavy atom. The Balaban J connectivity index is 1.27. The van der Waals surface area contributed by atoms with Gasteiger partial charge in [0, 0.05) is 44.1 Å². The molecule has 4 saturated carbocycles. The Kier molecular flexibility index (Phi) is 3.40. The van der Waals surface area contributed by atoms with E-state index in [4.69, 9.17) is 0 Å². The molecule has 0 atom stereocenters. The second kappa shape index (κ2) is 5.51. The third kappa shape index (κ3) is 2.36. The Hall–Kier alpha value is -1.49. The molecule has 0 spiro atoms. The lowest BCUT2D eigenvalue weighted by molar-refractivity contribution is -0.0987. The molecule has 6 rings (SSSR count).